The number of allylic oxidation sites excluding steroid dienone is 1. The SMILES string of the molecule is CCO[C@@H](Cc1ccc(OC/C=C/C#Cc2cc(F)cc(F)c2)cc1)C(=O)O. The Hall–Kier alpha value is -3.17. The van der Waals surface area contributed by atoms with Gasteiger partial charge in [-0.1, -0.05) is 24.0 Å². The van der Waals surface area contributed by atoms with Gasteiger partial charge in [-0.15, -0.1) is 0 Å². The summed E-state index contributed by atoms with van der Waals surface area (Å²) in [5.74, 6) is 3.61. The molecule has 0 radical (unpaired) electrons. The van der Waals surface area contributed by atoms with Gasteiger partial charge in [-0.2, -0.15) is 0 Å². The number of carboxylic acid groups (broad SMARTS) is 1. The molecule has 1 N–H and O–H groups in total. The first-order valence-corrected chi connectivity index (χ1v) is 8.66. The van der Waals surface area contributed by atoms with E-state index >= 15 is 0 Å². The molecule has 1 atom stereocenters. The van der Waals surface area contributed by atoms with Gasteiger partial charge in [0.2, 0.25) is 0 Å². The molecule has 0 aliphatic rings. The number of carboxylic acids is 1. The highest BCUT2D eigenvalue weighted by atomic mass is 19.1. The molecule has 0 aromatic heterocycles. The number of hydrogen-bond acceptors (Lipinski definition) is 3. The van der Waals surface area contributed by atoms with Crippen molar-refractivity contribution in [1.82, 2.24) is 0 Å². The zero-order chi connectivity index (χ0) is 20.4. The minimum atomic E-state index is -0.991. The van der Waals surface area contributed by atoms with Gasteiger partial charge < -0.3 is 14.6 Å². The van der Waals surface area contributed by atoms with Crippen LogP contribution in [0.2, 0.25) is 0 Å². The van der Waals surface area contributed by atoms with Crippen LogP contribution < -0.4 is 4.74 Å². The van der Waals surface area contributed by atoms with Crippen molar-refractivity contribution in [2.24, 2.45) is 0 Å². The van der Waals surface area contributed by atoms with Crippen LogP contribution in [0.1, 0.15) is 18.1 Å². The number of halogens is 2. The largest absolute Gasteiger partial charge is 0.490 e. The van der Waals surface area contributed by atoms with Gasteiger partial charge in [0.1, 0.15) is 24.0 Å². The van der Waals surface area contributed by atoms with Crippen molar-refractivity contribution in [2.45, 2.75) is 19.4 Å². The fourth-order valence-electron chi connectivity index (χ4n) is 2.36. The molecule has 0 amide bonds. The second kappa shape index (κ2) is 10.9. The van der Waals surface area contributed by atoms with Crippen LogP contribution in [0.3, 0.4) is 0 Å². The lowest BCUT2D eigenvalue weighted by atomic mass is 10.1. The van der Waals surface area contributed by atoms with Crippen molar-refractivity contribution in [3.05, 3.63) is 77.4 Å². The Labute approximate surface area is 162 Å². The Morgan fingerprint density at radius 3 is 2.46 bits per heavy atom. The molecular formula is C22H20F2O4. The number of carbonyl (C=O) groups is 1. The first-order chi connectivity index (χ1) is 13.5. The number of benzene rings is 2. The highest BCUT2D eigenvalue weighted by Crippen LogP contribution is 2.14. The van der Waals surface area contributed by atoms with Crippen molar-refractivity contribution in [3.63, 3.8) is 0 Å². The summed E-state index contributed by atoms with van der Waals surface area (Å²) < 4.78 is 36.8. The summed E-state index contributed by atoms with van der Waals surface area (Å²) in [7, 11) is 0. The Kier molecular flexibility index (Phi) is 8.19. The summed E-state index contributed by atoms with van der Waals surface area (Å²) >= 11 is 0. The molecule has 0 spiro atoms. The van der Waals surface area contributed by atoms with Gasteiger partial charge in [0.15, 0.2) is 6.10 Å². The van der Waals surface area contributed by atoms with E-state index in [-0.39, 0.29) is 18.6 Å². The third-order valence-electron chi connectivity index (χ3n) is 3.61. The second-order valence-electron chi connectivity index (χ2n) is 5.77. The van der Waals surface area contributed by atoms with Crippen LogP contribution >= 0.6 is 0 Å². The molecule has 0 heterocycles. The molecule has 2 rings (SSSR count). The lowest BCUT2D eigenvalue weighted by Crippen LogP contribution is -2.26. The molecule has 28 heavy (non-hydrogen) atoms. The van der Waals surface area contributed by atoms with Crippen molar-refractivity contribution >= 4 is 5.97 Å². The highest BCUT2D eigenvalue weighted by molar-refractivity contribution is 5.72. The van der Waals surface area contributed by atoms with E-state index in [0.29, 0.717) is 12.4 Å². The van der Waals surface area contributed by atoms with Gasteiger partial charge in [0.05, 0.1) is 0 Å². The molecule has 146 valence electrons. The van der Waals surface area contributed by atoms with E-state index in [0.717, 1.165) is 23.8 Å². The van der Waals surface area contributed by atoms with E-state index in [1.54, 1.807) is 37.3 Å². The first kappa shape index (κ1) is 21.1. The normalized spacial score (nSPS) is 11.7. The van der Waals surface area contributed by atoms with Crippen molar-refractivity contribution < 1.29 is 28.2 Å². The molecule has 0 bridgehead atoms. The Bertz CT molecular complexity index is 859. The molecule has 2 aromatic carbocycles. The van der Waals surface area contributed by atoms with E-state index in [4.69, 9.17) is 14.6 Å². The van der Waals surface area contributed by atoms with E-state index in [2.05, 4.69) is 11.8 Å². The zero-order valence-corrected chi connectivity index (χ0v) is 15.3. The van der Waals surface area contributed by atoms with Crippen molar-refractivity contribution in [1.29, 1.82) is 0 Å². The average molecular weight is 386 g/mol. The maximum absolute atomic E-state index is 13.0. The quantitative estimate of drug-likeness (QED) is 0.697. The Morgan fingerprint density at radius 1 is 1.18 bits per heavy atom. The number of ether oxygens (including phenoxy) is 2. The molecule has 6 heteroatoms. The third-order valence-corrected chi connectivity index (χ3v) is 3.61. The van der Waals surface area contributed by atoms with Crippen molar-refractivity contribution in [2.75, 3.05) is 13.2 Å². The summed E-state index contributed by atoms with van der Waals surface area (Å²) in [6, 6.07) is 10.2. The summed E-state index contributed by atoms with van der Waals surface area (Å²) in [6.45, 7) is 2.35. The Morgan fingerprint density at radius 2 is 1.86 bits per heavy atom. The van der Waals surface area contributed by atoms with Crippen LogP contribution in [0.25, 0.3) is 0 Å². The number of rotatable bonds is 8. The molecule has 0 fully saturated rings. The average Bonchev–Trinajstić information content (AvgIpc) is 2.64. The molecule has 4 nitrogen and oxygen atoms in total. The van der Waals surface area contributed by atoms with E-state index in [9.17, 15) is 13.6 Å². The predicted octanol–water partition coefficient (Wildman–Crippen LogP) is 3.98. The van der Waals surface area contributed by atoms with Crippen molar-refractivity contribution in [3.8, 4) is 17.6 Å². The summed E-state index contributed by atoms with van der Waals surface area (Å²) in [5, 5.41) is 9.10. The number of aliphatic carboxylic acids is 1. The lowest BCUT2D eigenvalue weighted by molar-refractivity contribution is -0.149. The molecule has 2 aromatic rings. The van der Waals surface area contributed by atoms with E-state index in [1.165, 1.54) is 6.08 Å². The van der Waals surface area contributed by atoms with Crippen LogP contribution in [-0.2, 0) is 16.0 Å². The van der Waals surface area contributed by atoms with Gasteiger partial charge >= 0.3 is 5.97 Å². The molecule has 0 saturated heterocycles. The molecular weight excluding hydrogens is 366 g/mol. The van der Waals surface area contributed by atoms with E-state index in [1.807, 2.05) is 0 Å². The fraction of sp³-hybridized carbons (Fsp3) is 0.227. The minimum Gasteiger partial charge on any atom is -0.490 e. The van der Waals surface area contributed by atoms with Gasteiger partial charge in [-0.3, -0.25) is 0 Å². The summed E-state index contributed by atoms with van der Waals surface area (Å²) in [6.07, 6.45) is 2.62. The minimum absolute atomic E-state index is 0.255. The van der Waals surface area contributed by atoms with Crippen LogP contribution in [-0.4, -0.2) is 30.4 Å². The van der Waals surface area contributed by atoms with Gasteiger partial charge in [-0.05, 0) is 48.9 Å². The fourth-order valence-corrected chi connectivity index (χ4v) is 2.36. The van der Waals surface area contributed by atoms with Crippen LogP contribution in [0.5, 0.6) is 5.75 Å². The molecule has 0 aliphatic carbocycles. The smallest absolute Gasteiger partial charge is 0.333 e. The van der Waals surface area contributed by atoms with Crippen LogP contribution in [0, 0.1) is 23.5 Å². The zero-order valence-electron chi connectivity index (χ0n) is 15.3. The highest BCUT2D eigenvalue weighted by Gasteiger charge is 2.17. The standard InChI is InChI=1S/C22H20F2O4/c1-2-27-21(22(25)26)14-16-7-9-20(10-8-16)28-11-5-3-4-6-17-12-18(23)15-19(24)13-17/h3,5,7-10,12-13,15,21H,2,11,14H2,1H3,(H,25,26)/b5-3+/t21-/m0/s1. The first-order valence-electron chi connectivity index (χ1n) is 8.66. The Balaban J connectivity index is 1.82. The summed E-state index contributed by atoms with van der Waals surface area (Å²) in [4.78, 5) is 11.1. The molecule has 0 saturated carbocycles. The molecule has 0 unspecified atom stereocenters. The van der Waals surface area contributed by atoms with Gasteiger partial charge in [0, 0.05) is 24.7 Å². The second-order valence-corrected chi connectivity index (χ2v) is 5.77. The summed E-state index contributed by atoms with van der Waals surface area (Å²) in [5.41, 5.74) is 1.09. The maximum atomic E-state index is 13.0. The van der Waals surface area contributed by atoms with Gasteiger partial charge in [-0.25, -0.2) is 13.6 Å². The maximum Gasteiger partial charge on any atom is 0.333 e. The third kappa shape index (κ3) is 7.22. The predicted molar refractivity (Wildman–Crippen MR) is 101 cm³/mol. The molecule has 0 aliphatic heterocycles. The topological polar surface area (TPSA) is 55.8 Å². The number of hydrogen-bond donors (Lipinski definition) is 1. The van der Waals surface area contributed by atoms with Crippen LogP contribution in [0.4, 0.5) is 8.78 Å². The van der Waals surface area contributed by atoms with Crippen LogP contribution in [0.15, 0.2) is 54.6 Å². The monoisotopic (exact) mass is 386 g/mol. The van der Waals surface area contributed by atoms with Gasteiger partial charge in [0.25, 0.3) is 0 Å². The van der Waals surface area contributed by atoms with E-state index < -0.39 is 23.7 Å². The lowest BCUT2D eigenvalue weighted by Gasteiger charge is -2.12.